The molecule has 6 nitrogen and oxygen atoms in total. The van der Waals surface area contributed by atoms with Crippen LogP contribution in [-0.4, -0.2) is 23.3 Å². The van der Waals surface area contributed by atoms with Crippen LogP contribution in [0.15, 0.2) is 58.3 Å². The molecule has 2 heterocycles. The summed E-state index contributed by atoms with van der Waals surface area (Å²) in [5.41, 5.74) is 0.351. The van der Waals surface area contributed by atoms with Crippen molar-refractivity contribution in [1.82, 2.24) is 10.2 Å². The Morgan fingerprint density at radius 2 is 1.92 bits per heavy atom. The number of hydrogen-bond donors (Lipinski definition) is 0. The molecule has 0 aliphatic carbocycles. The SMILES string of the molecule is COc1cc2ccccc2cc1C(=O)OCc1nnc(-c2cccs2)o1. The molecule has 0 atom stereocenters. The summed E-state index contributed by atoms with van der Waals surface area (Å²) in [6, 6.07) is 15.1. The van der Waals surface area contributed by atoms with Gasteiger partial charge in [0, 0.05) is 0 Å². The molecule has 2 aromatic heterocycles. The highest BCUT2D eigenvalue weighted by molar-refractivity contribution is 7.13. The number of benzene rings is 2. The van der Waals surface area contributed by atoms with Crippen LogP contribution in [0, 0.1) is 0 Å². The largest absolute Gasteiger partial charge is 0.496 e. The Bertz CT molecular complexity index is 1060. The Balaban J connectivity index is 1.52. The second-order valence-corrected chi connectivity index (χ2v) is 6.40. The number of carbonyl (C=O) groups is 1. The van der Waals surface area contributed by atoms with Crippen LogP contribution in [0.2, 0.25) is 0 Å². The minimum atomic E-state index is -0.511. The topological polar surface area (TPSA) is 74.5 Å². The molecule has 0 spiro atoms. The van der Waals surface area contributed by atoms with Crippen LogP contribution in [0.1, 0.15) is 16.2 Å². The van der Waals surface area contributed by atoms with Gasteiger partial charge in [-0.3, -0.25) is 0 Å². The van der Waals surface area contributed by atoms with Crippen LogP contribution in [0.25, 0.3) is 21.5 Å². The third-order valence-electron chi connectivity index (χ3n) is 3.81. The van der Waals surface area contributed by atoms with Crippen LogP contribution in [0.3, 0.4) is 0 Å². The monoisotopic (exact) mass is 366 g/mol. The zero-order valence-corrected chi connectivity index (χ0v) is 14.7. The maximum Gasteiger partial charge on any atom is 0.342 e. The third kappa shape index (κ3) is 3.16. The molecule has 4 rings (SSSR count). The summed E-state index contributed by atoms with van der Waals surface area (Å²) in [6.45, 7) is -0.104. The minimum Gasteiger partial charge on any atom is -0.496 e. The van der Waals surface area contributed by atoms with Gasteiger partial charge >= 0.3 is 5.97 Å². The van der Waals surface area contributed by atoms with Crippen LogP contribution in [0.5, 0.6) is 5.75 Å². The molecule has 7 heteroatoms. The van der Waals surface area contributed by atoms with E-state index in [9.17, 15) is 4.79 Å². The van der Waals surface area contributed by atoms with Gasteiger partial charge in [0.25, 0.3) is 11.8 Å². The quantitative estimate of drug-likeness (QED) is 0.490. The first-order chi connectivity index (χ1) is 12.7. The molecule has 0 radical (unpaired) electrons. The number of thiophene rings is 1. The van der Waals surface area contributed by atoms with E-state index >= 15 is 0 Å². The Labute approximate surface area is 153 Å². The second kappa shape index (κ2) is 6.97. The Morgan fingerprint density at radius 1 is 1.12 bits per heavy atom. The average Bonchev–Trinajstić information content (AvgIpc) is 3.36. The molecular formula is C19H14N2O4S. The molecule has 0 amide bonds. The maximum atomic E-state index is 12.5. The van der Waals surface area contributed by atoms with Gasteiger partial charge in [0.15, 0.2) is 6.61 Å². The molecule has 130 valence electrons. The van der Waals surface area contributed by atoms with Crippen molar-refractivity contribution in [3.8, 4) is 16.5 Å². The average molecular weight is 366 g/mol. The fraction of sp³-hybridized carbons (Fsp3) is 0.105. The van der Waals surface area contributed by atoms with Gasteiger partial charge in [-0.15, -0.1) is 21.5 Å². The number of esters is 1. The lowest BCUT2D eigenvalue weighted by molar-refractivity contribution is 0.0435. The van der Waals surface area contributed by atoms with E-state index in [2.05, 4.69) is 10.2 Å². The van der Waals surface area contributed by atoms with Crippen molar-refractivity contribution in [2.24, 2.45) is 0 Å². The normalized spacial score (nSPS) is 10.8. The van der Waals surface area contributed by atoms with Crippen LogP contribution >= 0.6 is 11.3 Å². The van der Waals surface area contributed by atoms with Gasteiger partial charge in [0.2, 0.25) is 0 Å². The van der Waals surface area contributed by atoms with Crippen molar-refractivity contribution >= 4 is 28.1 Å². The van der Waals surface area contributed by atoms with Gasteiger partial charge in [-0.25, -0.2) is 4.79 Å². The highest BCUT2D eigenvalue weighted by Gasteiger charge is 2.17. The van der Waals surface area contributed by atoms with Crippen molar-refractivity contribution in [3.63, 3.8) is 0 Å². The molecule has 2 aromatic carbocycles. The van der Waals surface area contributed by atoms with Crippen LogP contribution < -0.4 is 4.74 Å². The van der Waals surface area contributed by atoms with Gasteiger partial charge < -0.3 is 13.9 Å². The van der Waals surface area contributed by atoms with E-state index in [1.165, 1.54) is 18.4 Å². The van der Waals surface area contributed by atoms with Crippen LogP contribution in [-0.2, 0) is 11.3 Å². The molecule has 0 saturated carbocycles. The molecule has 4 aromatic rings. The first-order valence-corrected chi connectivity index (χ1v) is 8.73. The van der Waals surface area contributed by atoms with Gasteiger partial charge in [-0.2, -0.15) is 0 Å². The number of fused-ring (bicyclic) bond motifs is 1. The predicted octanol–water partition coefficient (Wildman–Crippen LogP) is 4.32. The van der Waals surface area contributed by atoms with Crippen molar-refractivity contribution in [2.75, 3.05) is 7.11 Å². The van der Waals surface area contributed by atoms with Gasteiger partial charge in [0.1, 0.15) is 11.3 Å². The summed E-state index contributed by atoms with van der Waals surface area (Å²) >= 11 is 1.50. The minimum absolute atomic E-state index is 0.104. The number of nitrogens with zero attached hydrogens (tertiary/aromatic N) is 2. The Morgan fingerprint density at radius 3 is 2.65 bits per heavy atom. The highest BCUT2D eigenvalue weighted by atomic mass is 32.1. The first-order valence-electron chi connectivity index (χ1n) is 7.85. The molecule has 0 unspecified atom stereocenters. The maximum absolute atomic E-state index is 12.5. The molecule has 0 saturated heterocycles. The molecule has 0 bridgehead atoms. The Kier molecular flexibility index (Phi) is 4.37. The number of methoxy groups -OCH3 is 1. The summed E-state index contributed by atoms with van der Waals surface area (Å²) in [5, 5.41) is 11.7. The number of rotatable bonds is 5. The summed E-state index contributed by atoms with van der Waals surface area (Å²) in [7, 11) is 1.52. The Hall–Kier alpha value is -3.19. The predicted molar refractivity (Wildman–Crippen MR) is 97.2 cm³/mol. The molecule has 26 heavy (non-hydrogen) atoms. The van der Waals surface area contributed by atoms with Gasteiger partial charge in [0.05, 0.1) is 12.0 Å². The highest BCUT2D eigenvalue weighted by Crippen LogP contribution is 2.27. The van der Waals surface area contributed by atoms with Gasteiger partial charge in [-0.1, -0.05) is 30.3 Å². The van der Waals surface area contributed by atoms with E-state index < -0.39 is 5.97 Å². The van der Waals surface area contributed by atoms with E-state index in [-0.39, 0.29) is 12.5 Å². The van der Waals surface area contributed by atoms with Crippen molar-refractivity contribution in [1.29, 1.82) is 0 Å². The number of aromatic nitrogens is 2. The van der Waals surface area contributed by atoms with Crippen LogP contribution in [0.4, 0.5) is 0 Å². The molecule has 0 fully saturated rings. The summed E-state index contributed by atoms with van der Waals surface area (Å²) in [6.07, 6.45) is 0. The van der Waals surface area contributed by atoms with Crippen molar-refractivity contribution < 1.29 is 18.7 Å². The van der Waals surface area contributed by atoms with Crippen molar-refractivity contribution in [3.05, 3.63) is 65.4 Å². The third-order valence-corrected chi connectivity index (χ3v) is 4.67. The zero-order valence-electron chi connectivity index (χ0n) is 13.8. The molecule has 0 aliphatic rings. The van der Waals surface area contributed by atoms with Crippen molar-refractivity contribution in [2.45, 2.75) is 6.61 Å². The summed E-state index contributed by atoms with van der Waals surface area (Å²) in [5.74, 6) is 0.595. The molecular weight excluding hydrogens is 352 g/mol. The number of ether oxygens (including phenoxy) is 2. The number of hydrogen-bond acceptors (Lipinski definition) is 7. The molecule has 0 aliphatic heterocycles. The first kappa shape index (κ1) is 16.3. The fourth-order valence-electron chi connectivity index (χ4n) is 2.56. The second-order valence-electron chi connectivity index (χ2n) is 5.45. The van der Waals surface area contributed by atoms with E-state index in [4.69, 9.17) is 13.9 Å². The smallest absolute Gasteiger partial charge is 0.342 e. The summed E-state index contributed by atoms with van der Waals surface area (Å²) < 4.78 is 16.2. The lowest BCUT2D eigenvalue weighted by Crippen LogP contribution is -2.07. The zero-order chi connectivity index (χ0) is 17.9. The van der Waals surface area contributed by atoms with Gasteiger partial charge in [-0.05, 0) is 34.4 Å². The number of carbonyl (C=O) groups excluding carboxylic acids is 1. The molecule has 0 N–H and O–H groups in total. The standard InChI is InChI=1S/C19H14N2O4S/c1-23-15-10-13-6-3-2-5-12(13)9-14(15)19(22)24-11-17-20-21-18(25-17)16-7-4-8-26-16/h2-10H,11H2,1H3. The van der Waals surface area contributed by atoms with E-state index in [0.717, 1.165) is 15.6 Å². The fourth-order valence-corrected chi connectivity index (χ4v) is 3.21. The lowest BCUT2D eigenvalue weighted by Gasteiger charge is -2.09. The van der Waals surface area contributed by atoms with E-state index in [0.29, 0.717) is 17.2 Å². The van der Waals surface area contributed by atoms with E-state index in [1.54, 1.807) is 6.07 Å². The lowest BCUT2D eigenvalue weighted by atomic mass is 10.1. The summed E-state index contributed by atoms with van der Waals surface area (Å²) in [4.78, 5) is 13.4. The van der Waals surface area contributed by atoms with E-state index in [1.807, 2.05) is 47.8 Å².